The van der Waals surface area contributed by atoms with Gasteiger partial charge in [0.1, 0.15) is 4.90 Å². The lowest BCUT2D eigenvalue weighted by atomic mass is 10.1. The molecule has 1 atom stereocenters. The zero-order chi connectivity index (χ0) is 16.2. The van der Waals surface area contributed by atoms with Gasteiger partial charge < -0.3 is 5.11 Å². The SMILES string of the molecule is CCC(C)CN(CC)S(=O)(=O)c1cc(Cl)cc(CO)c1Cl. The highest BCUT2D eigenvalue weighted by Crippen LogP contribution is 2.31. The van der Waals surface area contributed by atoms with Crippen LogP contribution in [0.3, 0.4) is 0 Å². The van der Waals surface area contributed by atoms with Gasteiger partial charge in [-0.25, -0.2) is 8.42 Å². The van der Waals surface area contributed by atoms with Crippen LogP contribution in [-0.4, -0.2) is 30.9 Å². The van der Waals surface area contributed by atoms with Crippen molar-refractivity contribution >= 4 is 33.2 Å². The average molecular weight is 354 g/mol. The molecule has 1 unspecified atom stereocenters. The molecule has 0 bridgehead atoms. The van der Waals surface area contributed by atoms with E-state index in [1.807, 2.05) is 13.8 Å². The molecule has 4 nitrogen and oxygen atoms in total. The Hall–Kier alpha value is -0.330. The topological polar surface area (TPSA) is 57.6 Å². The summed E-state index contributed by atoms with van der Waals surface area (Å²) in [5, 5.41) is 9.53. The molecule has 1 N–H and O–H groups in total. The second-order valence-electron chi connectivity index (χ2n) is 5.00. The molecule has 1 aromatic carbocycles. The third kappa shape index (κ3) is 4.33. The molecule has 0 spiro atoms. The fourth-order valence-electron chi connectivity index (χ4n) is 1.93. The molecule has 0 aliphatic carbocycles. The van der Waals surface area contributed by atoms with E-state index in [4.69, 9.17) is 23.2 Å². The molecule has 21 heavy (non-hydrogen) atoms. The summed E-state index contributed by atoms with van der Waals surface area (Å²) in [5.41, 5.74) is 0.308. The van der Waals surface area contributed by atoms with Crippen LogP contribution in [0.1, 0.15) is 32.8 Å². The summed E-state index contributed by atoms with van der Waals surface area (Å²) in [6.45, 7) is 6.21. The van der Waals surface area contributed by atoms with Crippen LogP contribution in [0.15, 0.2) is 17.0 Å². The van der Waals surface area contributed by atoms with E-state index in [9.17, 15) is 13.5 Å². The minimum Gasteiger partial charge on any atom is -0.392 e. The minimum atomic E-state index is -3.74. The molecule has 120 valence electrons. The standard InChI is InChI=1S/C14H21Cl2NO3S/c1-4-10(3)8-17(5-2)21(19,20)13-7-12(15)6-11(9-18)14(13)16/h6-7,10,18H,4-5,8-9H2,1-3H3. The first kappa shape index (κ1) is 18.7. The number of sulfonamides is 1. The van der Waals surface area contributed by atoms with Crippen LogP contribution in [0, 0.1) is 5.92 Å². The van der Waals surface area contributed by atoms with Gasteiger partial charge in [0.15, 0.2) is 0 Å². The molecule has 0 aliphatic rings. The van der Waals surface area contributed by atoms with Crippen molar-refractivity contribution in [2.75, 3.05) is 13.1 Å². The number of nitrogens with zero attached hydrogens (tertiary/aromatic N) is 1. The molecule has 0 aromatic heterocycles. The van der Waals surface area contributed by atoms with Crippen molar-refractivity contribution in [1.82, 2.24) is 4.31 Å². The summed E-state index contributed by atoms with van der Waals surface area (Å²) in [5.74, 6) is 0.245. The van der Waals surface area contributed by atoms with Gasteiger partial charge in [-0.1, -0.05) is 50.4 Å². The Morgan fingerprint density at radius 3 is 2.38 bits per heavy atom. The van der Waals surface area contributed by atoms with Crippen molar-refractivity contribution < 1.29 is 13.5 Å². The van der Waals surface area contributed by atoms with E-state index >= 15 is 0 Å². The molecular weight excluding hydrogens is 333 g/mol. The van der Waals surface area contributed by atoms with Crippen LogP contribution in [0.2, 0.25) is 10.0 Å². The predicted octanol–water partition coefficient (Wildman–Crippen LogP) is 3.54. The normalized spacial score (nSPS) is 13.7. The molecule has 0 saturated carbocycles. The van der Waals surface area contributed by atoms with E-state index in [0.29, 0.717) is 18.7 Å². The lowest BCUT2D eigenvalue weighted by Gasteiger charge is -2.24. The Bertz CT molecular complexity index is 590. The van der Waals surface area contributed by atoms with Crippen LogP contribution < -0.4 is 0 Å². The van der Waals surface area contributed by atoms with Gasteiger partial charge in [0.05, 0.1) is 11.6 Å². The Balaban J connectivity index is 3.32. The molecular formula is C14H21Cl2NO3S. The molecule has 0 saturated heterocycles. The van der Waals surface area contributed by atoms with Gasteiger partial charge in [0.2, 0.25) is 10.0 Å². The lowest BCUT2D eigenvalue weighted by molar-refractivity contribution is 0.281. The Labute approximate surface area is 136 Å². The maximum absolute atomic E-state index is 12.8. The highest BCUT2D eigenvalue weighted by Gasteiger charge is 2.28. The largest absolute Gasteiger partial charge is 0.392 e. The summed E-state index contributed by atoms with van der Waals surface area (Å²) >= 11 is 12.0. The molecule has 0 fully saturated rings. The van der Waals surface area contributed by atoms with Crippen molar-refractivity contribution in [3.63, 3.8) is 0 Å². The first-order valence-electron chi connectivity index (χ1n) is 6.86. The van der Waals surface area contributed by atoms with E-state index in [-0.39, 0.29) is 27.5 Å². The van der Waals surface area contributed by atoms with Gasteiger partial charge in [0, 0.05) is 18.1 Å². The van der Waals surface area contributed by atoms with Crippen molar-refractivity contribution in [3.05, 3.63) is 27.7 Å². The van der Waals surface area contributed by atoms with Gasteiger partial charge in [-0.3, -0.25) is 0 Å². The first-order chi connectivity index (χ1) is 9.77. The molecule has 0 heterocycles. The first-order valence-corrected chi connectivity index (χ1v) is 9.06. The number of halogens is 2. The van der Waals surface area contributed by atoms with Gasteiger partial charge in [-0.15, -0.1) is 0 Å². The Morgan fingerprint density at radius 1 is 1.29 bits per heavy atom. The quantitative estimate of drug-likeness (QED) is 0.815. The zero-order valence-corrected chi connectivity index (χ0v) is 14.8. The number of aliphatic hydroxyl groups excluding tert-OH is 1. The summed E-state index contributed by atoms with van der Waals surface area (Å²) in [7, 11) is -3.74. The van der Waals surface area contributed by atoms with Crippen molar-refractivity contribution in [1.29, 1.82) is 0 Å². The second-order valence-corrected chi connectivity index (χ2v) is 7.72. The predicted molar refractivity (Wildman–Crippen MR) is 86.3 cm³/mol. The number of hydrogen-bond donors (Lipinski definition) is 1. The van der Waals surface area contributed by atoms with Gasteiger partial charge in [-0.2, -0.15) is 4.31 Å². The number of aliphatic hydroxyl groups is 1. The van der Waals surface area contributed by atoms with Gasteiger partial charge in [-0.05, 0) is 23.6 Å². The van der Waals surface area contributed by atoms with Crippen LogP contribution in [0.25, 0.3) is 0 Å². The third-order valence-electron chi connectivity index (χ3n) is 3.43. The minimum absolute atomic E-state index is 0.0319. The fourth-order valence-corrected chi connectivity index (χ4v) is 4.40. The Morgan fingerprint density at radius 2 is 1.90 bits per heavy atom. The summed E-state index contributed by atoms with van der Waals surface area (Å²) in [6.07, 6.45) is 0.886. The molecule has 0 amide bonds. The fraction of sp³-hybridized carbons (Fsp3) is 0.571. The molecule has 1 aromatic rings. The van der Waals surface area contributed by atoms with Crippen LogP contribution >= 0.6 is 23.2 Å². The van der Waals surface area contributed by atoms with E-state index in [2.05, 4.69) is 0 Å². The van der Waals surface area contributed by atoms with Crippen LogP contribution in [0.4, 0.5) is 0 Å². The highest BCUT2D eigenvalue weighted by molar-refractivity contribution is 7.89. The zero-order valence-electron chi connectivity index (χ0n) is 12.4. The molecule has 0 radical (unpaired) electrons. The van der Waals surface area contributed by atoms with Crippen molar-refractivity contribution in [2.24, 2.45) is 5.92 Å². The third-order valence-corrected chi connectivity index (χ3v) is 6.17. The van der Waals surface area contributed by atoms with E-state index in [1.54, 1.807) is 6.92 Å². The summed E-state index contributed by atoms with van der Waals surface area (Å²) < 4.78 is 26.9. The monoisotopic (exact) mass is 353 g/mol. The summed E-state index contributed by atoms with van der Waals surface area (Å²) in [6, 6.07) is 2.80. The van der Waals surface area contributed by atoms with Crippen molar-refractivity contribution in [2.45, 2.75) is 38.7 Å². The van der Waals surface area contributed by atoms with Gasteiger partial charge >= 0.3 is 0 Å². The highest BCUT2D eigenvalue weighted by atomic mass is 35.5. The molecule has 0 aliphatic heterocycles. The van der Waals surface area contributed by atoms with Crippen LogP contribution in [0.5, 0.6) is 0 Å². The van der Waals surface area contributed by atoms with E-state index < -0.39 is 10.0 Å². The lowest BCUT2D eigenvalue weighted by Crippen LogP contribution is -2.34. The second kappa shape index (κ2) is 7.79. The summed E-state index contributed by atoms with van der Waals surface area (Å²) in [4.78, 5) is -0.0501. The number of hydrogen-bond acceptors (Lipinski definition) is 3. The maximum atomic E-state index is 12.8. The number of rotatable bonds is 7. The average Bonchev–Trinajstić information content (AvgIpc) is 2.45. The molecule has 7 heteroatoms. The van der Waals surface area contributed by atoms with Gasteiger partial charge in [0.25, 0.3) is 0 Å². The maximum Gasteiger partial charge on any atom is 0.244 e. The number of benzene rings is 1. The van der Waals surface area contributed by atoms with E-state index in [1.165, 1.54) is 16.4 Å². The molecule has 1 rings (SSSR count). The van der Waals surface area contributed by atoms with Crippen molar-refractivity contribution in [3.8, 4) is 0 Å². The van der Waals surface area contributed by atoms with E-state index in [0.717, 1.165) is 6.42 Å². The van der Waals surface area contributed by atoms with Crippen LogP contribution in [-0.2, 0) is 16.6 Å². The Kier molecular flexibility index (Phi) is 6.94. The smallest absolute Gasteiger partial charge is 0.244 e.